The second kappa shape index (κ2) is 5.24. The van der Waals surface area contributed by atoms with E-state index in [0.717, 1.165) is 18.4 Å². The van der Waals surface area contributed by atoms with E-state index in [1.54, 1.807) is 0 Å². The predicted molar refractivity (Wildman–Crippen MR) is 58.1 cm³/mol. The number of isocyanates is 1. The van der Waals surface area contributed by atoms with Crippen molar-refractivity contribution in [2.45, 2.75) is 19.3 Å². The molecule has 84 valence electrons. The highest BCUT2D eigenvalue weighted by Crippen LogP contribution is 2.23. The van der Waals surface area contributed by atoms with Gasteiger partial charge in [0.25, 0.3) is 0 Å². The zero-order chi connectivity index (χ0) is 11.3. The molecule has 0 aliphatic carbocycles. The fourth-order valence-electron chi connectivity index (χ4n) is 1.90. The minimum atomic E-state index is -2.85. The van der Waals surface area contributed by atoms with Crippen LogP contribution in [-0.2, 0) is 14.6 Å². The van der Waals surface area contributed by atoms with Gasteiger partial charge >= 0.3 is 0 Å². The van der Waals surface area contributed by atoms with E-state index in [0.29, 0.717) is 12.2 Å². The van der Waals surface area contributed by atoms with Gasteiger partial charge in [0, 0.05) is 0 Å². The van der Waals surface area contributed by atoms with Crippen molar-refractivity contribution in [1.82, 2.24) is 0 Å². The standard InChI is InChI=1S/C10H15NO3S/c1-9(6-11-8-12)5-10-3-2-4-15(13,14)7-10/h10H,1-7H2. The van der Waals surface area contributed by atoms with Gasteiger partial charge in [-0.05, 0) is 25.2 Å². The van der Waals surface area contributed by atoms with Crippen molar-refractivity contribution in [3.05, 3.63) is 12.2 Å². The molecule has 1 fully saturated rings. The van der Waals surface area contributed by atoms with Crippen LogP contribution in [0.2, 0.25) is 0 Å². The van der Waals surface area contributed by atoms with Crippen molar-refractivity contribution in [2.24, 2.45) is 10.9 Å². The highest BCUT2D eigenvalue weighted by molar-refractivity contribution is 7.91. The number of carbonyl (C=O) groups excluding carboxylic acids is 1. The minimum Gasteiger partial charge on any atom is -0.229 e. The first-order valence-corrected chi connectivity index (χ1v) is 6.76. The molecule has 0 spiro atoms. The monoisotopic (exact) mass is 229 g/mol. The Hall–Kier alpha value is -0.930. The van der Waals surface area contributed by atoms with Crippen LogP contribution in [0.3, 0.4) is 0 Å². The number of rotatable bonds is 4. The Bertz CT molecular complexity index is 379. The summed E-state index contributed by atoms with van der Waals surface area (Å²) in [6.45, 7) is 4.03. The lowest BCUT2D eigenvalue weighted by Gasteiger charge is -2.22. The van der Waals surface area contributed by atoms with E-state index in [1.165, 1.54) is 6.08 Å². The van der Waals surface area contributed by atoms with Gasteiger partial charge < -0.3 is 0 Å². The molecule has 0 radical (unpaired) electrons. The topological polar surface area (TPSA) is 63.6 Å². The first kappa shape index (κ1) is 12.1. The van der Waals surface area contributed by atoms with Crippen LogP contribution in [0.4, 0.5) is 0 Å². The third-order valence-corrected chi connectivity index (χ3v) is 4.39. The molecule has 0 aromatic rings. The molecule has 15 heavy (non-hydrogen) atoms. The summed E-state index contributed by atoms with van der Waals surface area (Å²) in [6, 6.07) is 0. The number of nitrogens with zero attached hydrogens (tertiary/aromatic N) is 1. The van der Waals surface area contributed by atoms with Crippen molar-refractivity contribution in [1.29, 1.82) is 0 Å². The Morgan fingerprint density at radius 1 is 1.53 bits per heavy atom. The molecule has 1 heterocycles. The van der Waals surface area contributed by atoms with Crippen LogP contribution < -0.4 is 0 Å². The van der Waals surface area contributed by atoms with Crippen LogP contribution in [0.25, 0.3) is 0 Å². The Kier molecular flexibility index (Phi) is 4.24. The molecule has 0 amide bonds. The molecule has 1 atom stereocenters. The van der Waals surface area contributed by atoms with Crippen LogP contribution in [0.1, 0.15) is 19.3 Å². The molecule has 0 N–H and O–H groups in total. The number of aliphatic imine (C=N–C) groups is 1. The van der Waals surface area contributed by atoms with Gasteiger partial charge in [-0.3, -0.25) is 0 Å². The third kappa shape index (κ3) is 4.40. The van der Waals surface area contributed by atoms with Gasteiger partial charge in [0.15, 0.2) is 9.84 Å². The van der Waals surface area contributed by atoms with Gasteiger partial charge in [-0.15, -0.1) is 0 Å². The molecule has 5 heteroatoms. The summed E-state index contributed by atoms with van der Waals surface area (Å²) in [5, 5.41) is 0. The highest BCUT2D eigenvalue weighted by atomic mass is 32.2. The van der Waals surface area contributed by atoms with Crippen LogP contribution in [0.5, 0.6) is 0 Å². The van der Waals surface area contributed by atoms with E-state index in [9.17, 15) is 13.2 Å². The SMILES string of the molecule is C=C(CN=C=O)CC1CCCS(=O)(=O)C1. The normalized spacial score (nSPS) is 24.1. The highest BCUT2D eigenvalue weighted by Gasteiger charge is 2.24. The molecular formula is C10H15NO3S. The van der Waals surface area contributed by atoms with E-state index in [4.69, 9.17) is 0 Å². The molecule has 1 aliphatic rings. The Balaban J connectivity index is 2.45. The van der Waals surface area contributed by atoms with Gasteiger partial charge in [0.1, 0.15) is 0 Å². The molecule has 1 rings (SSSR count). The summed E-state index contributed by atoms with van der Waals surface area (Å²) in [5.74, 6) is 0.706. The maximum Gasteiger partial charge on any atom is 0.235 e. The largest absolute Gasteiger partial charge is 0.235 e. The van der Waals surface area contributed by atoms with E-state index in [1.807, 2.05) is 0 Å². The zero-order valence-electron chi connectivity index (χ0n) is 8.61. The van der Waals surface area contributed by atoms with E-state index in [2.05, 4.69) is 11.6 Å². The summed E-state index contributed by atoms with van der Waals surface area (Å²) in [4.78, 5) is 13.3. The van der Waals surface area contributed by atoms with Crippen LogP contribution >= 0.6 is 0 Å². The fourth-order valence-corrected chi connectivity index (χ4v) is 3.67. The summed E-state index contributed by atoms with van der Waals surface area (Å²) >= 11 is 0. The van der Waals surface area contributed by atoms with Crippen LogP contribution in [0, 0.1) is 5.92 Å². The van der Waals surface area contributed by atoms with Crippen molar-refractivity contribution >= 4 is 15.9 Å². The molecule has 0 aromatic carbocycles. The summed E-state index contributed by atoms with van der Waals surface area (Å²) < 4.78 is 22.7. The lowest BCUT2D eigenvalue weighted by atomic mass is 9.97. The first-order chi connectivity index (χ1) is 7.03. The van der Waals surface area contributed by atoms with Crippen molar-refractivity contribution in [3.63, 3.8) is 0 Å². The molecule has 4 nitrogen and oxygen atoms in total. The lowest BCUT2D eigenvalue weighted by molar-refractivity contribution is 0.481. The Morgan fingerprint density at radius 3 is 2.87 bits per heavy atom. The average Bonchev–Trinajstić information content (AvgIpc) is 2.13. The fraction of sp³-hybridized carbons (Fsp3) is 0.700. The van der Waals surface area contributed by atoms with Crippen LogP contribution in [0.15, 0.2) is 17.1 Å². The predicted octanol–water partition coefficient (Wildman–Crippen LogP) is 1.09. The number of hydrogen-bond acceptors (Lipinski definition) is 4. The smallest absolute Gasteiger partial charge is 0.229 e. The zero-order valence-corrected chi connectivity index (χ0v) is 9.42. The van der Waals surface area contributed by atoms with Gasteiger partial charge in [-0.1, -0.05) is 12.2 Å². The molecule has 0 saturated carbocycles. The van der Waals surface area contributed by atoms with Gasteiger partial charge in [-0.25, -0.2) is 18.2 Å². The second-order valence-corrected chi connectivity index (χ2v) is 6.21. The van der Waals surface area contributed by atoms with E-state index < -0.39 is 9.84 Å². The first-order valence-electron chi connectivity index (χ1n) is 4.94. The molecule has 1 saturated heterocycles. The van der Waals surface area contributed by atoms with Crippen molar-refractivity contribution < 1.29 is 13.2 Å². The molecule has 1 aliphatic heterocycles. The molecule has 0 aromatic heterocycles. The number of sulfone groups is 1. The van der Waals surface area contributed by atoms with Gasteiger partial charge in [0.2, 0.25) is 6.08 Å². The summed E-state index contributed by atoms with van der Waals surface area (Å²) in [6.07, 6.45) is 3.74. The number of hydrogen-bond donors (Lipinski definition) is 0. The quantitative estimate of drug-likeness (QED) is 0.412. The summed E-state index contributed by atoms with van der Waals surface area (Å²) in [7, 11) is -2.85. The summed E-state index contributed by atoms with van der Waals surface area (Å²) in [5.41, 5.74) is 0.806. The molecule has 1 unspecified atom stereocenters. The average molecular weight is 229 g/mol. The van der Waals surface area contributed by atoms with Crippen LogP contribution in [-0.4, -0.2) is 32.5 Å². The lowest BCUT2D eigenvalue weighted by Crippen LogP contribution is -2.25. The maximum absolute atomic E-state index is 11.3. The van der Waals surface area contributed by atoms with E-state index in [-0.39, 0.29) is 18.2 Å². The Labute approximate surface area is 90.0 Å². The third-order valence-electron chi connectivity index (χ3n) is 2.50. The van der Waals surface area contributed by atoms with Gasteiger partial charge in [-0.2, -0.15) is 0 Å². The van der Waals surface area contributed by atoms with E-state index >= 15 is 0 Å². The maximum atomic E-state index is 11.3. The Morgan fingerprint density at radius 2 is 2.27 bits per heavy atom. The van der Waals surface area contributed by atoms with Gasteiger partial charge in [0.05, 0.1) is 18.1 Å². The minimum absolute atomic E-state index is 0.151. The van der Waals surface area contributed by atoms with Crippen molar-refractivity contribution in [3.8, 4) is 0 Å². The van der Waals surface area contributed by atoms with Crippen molar-refractivity contribution in [2.75, 3.05) is 18.1 Å². The second-order valence-electron chi connectivity index (χ2n) is 3.98. The molecular weight excluding hydrogens is 214 g/mol. The molecule has 0 bridgehead atoms.